The molecule has 3 rings (SSSR count). The highest BCUT2D eigenvalue weighted by Crippen LogP contribution is 2.32. The molecular weight excluding hydrogens is 308 g/mol. The van der Waals surface area contributed by atoms with Crippen LogP contribution in [0.1, 0.15) is 101 Å². The average Bonchev–Trinajstić information content (AvgIpc) is 2.61. The minimum atomic E-state index is 0.434. The maximum atomic E-state index is 10.4. The van der Waals surface area contributed by atoms with Crippen molar-refractivity contribution in [3.63, 3.8) is 0 Å². The lowest BCUT2D eigenvalue weighted by Gasteiger charge is -2.13. The fourth-order valence-corrected chi connectivity index (χ4v) is 4.02. The van der Waals surface area contributed by atoms with Crippen LogP contribution < -0.4 is 4.74 Å². The topological polar surface area (TPSA) is 29.5 Å². The van der Waals surface area contributed by atoms with E-state index in [0.29, 0.717) is 5.75 Å². The third kappa shape index (κ3) is 7.71. The van der Waals surface area contributed by atoms with Gasteiger partial charge in [0.1, 0.15) is 11.5 Å². The first-order chi connectivity index (χ1) is 12.3. The van der Waals surface area contributed by atoms with Crippen molar-refractivity contribution in [1.29, 1.82) is 0 Å². The lowest BCUT2D eigenvalue weighted by Crippen LogP contribution is -1.97. The monoisotopic (exact) mass is 346 g/mol. The summed E-state index contributed by atoms with van der Waals surface area (Å²) in [5, 5.41) is 10.4. The van der Waals surface area contributed by atoms with Crippen molar-refractivity contribution in [2.24, 2.45) is 0 Å². The second kappa shape index (κ2) is 12.2. The van der Waals surface area contributed by atoms with Gasteiger partial charge in [-0.2, -0.15) is 0 Å². The number of phenolic OH excluding ortho intramolecular Hbond substituents is 1. The number of aryl methyl sites for hydroxylation is 1. The predicted octanol–water partition coefficient (Wildman–Crippen LogP) is 6.96. The molecule has 142 valence electrons. The van der Waals surface area contributed by atoms with Gasteiger partial charge >= 0.3 is 0 Å². The fourth-order valence-electron chi connectivity index (χ4n) is 4.02. The van der Waals surface area contributed by atoms with Crippen LogP contribution in [-0.4, -0.2) is 12.2 Å². The number of methoxy groups -OCH3 is 1. The molecule has 2 bridgehead atoms. The molecule has 1 aromatic rings. The van der Waals surface area contributed by atoms with E-state index in [4.69, 9.17) is 4.74 Å². The molecule has 2 aliphatic carbocycles. The van der Waals surface area contributed by atoms with E-state index in [1.165, 1.54) is 89.0 Å². The molecule has 0 aromatic heterocycles. The first-order valence-electron chi connectivity index (χ1n) is 10.7. The Balaban J connectivity index is 1.93. The summed E-state index contributed by atoms with van der Waals surface area (Å²) in [5.41, 5.74) is 2.22. The molecule has 2 nitrogen and oxygen atoms in total. The van der Waals surface area contributed by atoms with Gasteiger partial charge in [0.2, 0.25) is 0 Å². The lowest BCUT2D eigenvalue weighted by atomic mass is 9.98. The Morgan fingerprint density at radius 3 is 1.56 bits per heavy atom. The molecule has 0 unspecified atom stereocenters. The summed E-state index contributed by atoms with van der Waals surface area (Å²) in [6, 6.07) is 4.11. The van der Waals surface area contributed by atoms with Gasteiger partial charge < -0.3 is 9.84 Å². The van der Waals surface area contributed by atoms with Crippen LogP contribution in [0.4, 0.5) is 0 Å². The van der Waals surface area contributed by atoms with Gasteiger partial charge in [-0.1, -0.05) is 77.0 Å². The molecule has 0 heterocycles. The highest BCUT2D eigenvalue weighted by Gasteiger charge is 2.11. The maximum absolute atomic E-state index is 10.4. The minimum Gasteiger partial charge on any atom is -0.508 e. The van der Waals surface area contributed by atoms with Crippen molar-refractivity contribution in [2.75, 3.05) is 7.11 Å². The second-order valence-electron chi connectivity index (χ2n) is 7.75. The summed E-state index contributed by atoms with van der Waals surface area (Å²) in [4.78, 5) is 0. The molecule has 0 spiro atoms. The van der Waals surface area contributed by atoms with Crippen LogP contribution in [0.5, 0.6) is 11.5 Å². The molecule has 1 N–H and O–H groups in total. The quantitative estimate of drug-likeness (QED) is 0.595. The minimum absolute atomic E-state index is 0.434. The Kier molecular flexibility index (Phi) is 9.84. The standard InChI is InChI=1S/C23H38O2/c1-25-23-19-20-16-14-12-10-8-6-4-2-3-5-7-9-11-13-15-17-21(23)22(24)18-20/h18-19,24H,2-17H2,1H3. The summed E-state index contributed by atoms with van der Waals surface area (Å²) < 4.78 is 5.57. The van der Waals surface area contributed by atoms with Crippen LogP contribution in [0.3, 0.4) is 0 Å². The summed E-state index contributed by atoms with van der Waals surface area (Å²) >= 11 is 0. The highest BCUT2D eigenvalue weighted by atomic mass is 16.5. The number of hydrogen-bond donors (Lipinski definition) is 1. The first kappa shape index (κ1) is 20.1. The van der Waals surface area contributed by atoms with E-state index in [0.717, 1.165) is 30.6 Å². The van der Waals surface area contributed by atoms with Crippen LogP contribution in [-0.2, 0) is 12.8 Å². The predicted molar refractivity (Wildman–Crippen MR) is 107 cm³/mol. The normalized spacial score (nSPS) is 19.4. The fraction of sp³-hybridized carbons (Fsp3) is 0.739. The Morgan fingerprint density at radius 2 is 1.08 bits per heavy atom. The molecule has 0 atom stereocenters. The van der Waals surface area contributed by atoms with E-state index in [1.807, 2.05) is 6.07 Å². The van der Waals surface area contributed by atoms with Gasteiger partial charge in [-0.3, -0.25) is 0 Å². The molecule has 0 radical (unpaired) electrons. The van der Waals surface area contributed by atoms with E-state index in [9.17, 15) is 5.11 Å². The number of benzene rings is 1. The maximum Gasteiger partial charge on any atom is 0.126 e. The van der Waals surface area contributed by atoms with Crippen LogP contribution in [0.25, 0.3) is 0 Å². The van der Waals surface area contributed by atoms with Crippen LogP contribution in [0.15, 0.2) is 12.1 Å². The summed E-state index contributed by atoms with van der Waals surface area (Å²) in [6.45, 7) is 0. The van der Waals surface area contributed by atoms with E-state index >= 15 is 0 Å². The molecular formula is C23H38O2. The Hall–Kier alpha value is -1.18. The van der Waals surface area contributed by atoms with Crippen molar-refractivity contribution in [3.05, 3.63) is 23.3 Å². The van der Waals surface area contributed by atoms with E-state index in [1.54, 1.807) is 7.11 Å². The van der Waals surface area contributed by atoms with Gasteiger partial charge in [0.25, 0.3) is 0 Å². The number of aromatic hydroxyl groups is 1. The van der Waals surface area contributed by atoms with Crippen LogP contribution >= 0.6 is 0 Å². The van der Waals surface area contributed by atoms with Crippen molar-refractivity contribution < 1.29 is 9.84 Å². The van der Waals surface area contributed by atoms with Gasteiger partial charge in [0, 0.05) is 5.56 Å². The largest absolute Gasteiger partial charge is 0.508 e. The zero-order chi connectivity index (χ0) is 17.7. The molecule has 2 aliphatic rings. The summed E-state index contributed by atoms with van der Waals surface area (Å²) in [6.07, 6.45) is 20.8. The molecule has 0 fully saturated rings. The van der Waals surface area contributed by atoms with Crippen molar-refractivity contribution in [1.82, 2.24) is 0 Å². The SMILES string of the molecule is COc1cc2cc(O)c1CCCCCCCCCCCCCCCC2. The summed E-state index contributed by atoms with van der Waals surface area (Å²) in [5.74, 6) is 1.31. The third-order valence-corrected chi connectivity index (χ3v) is 5.61. The smallest absolute Gasteiger partial charge is 0.126 e. The van der Waals surface area contributed by atoms with E-state index in [2.05, 4.69) is 6.07 Å². The van der Waals surface area contributed by atoms with Gasteiger partial charge in [-0.25, -0.2) is 0 Å². The average molecular weight is 347 g/mol. The number of rotatable bonds is 1. The molecule has 2 heteroatoms. The molecule has 0 saturated heterocycles. The van der Waals surface area contributed by atoms with Crippen molar-refractivity contribution in [3.8, 4) is 11.5 Å². The Labute approximate surface area is 155 Å². The highest BCUT2D eigenvalue weighted by molar-refractivity contribution is 5.47. The number of ether oxygens (including phenoxy) is 1. The Morgan fingerprint density at radius 1 is 0.640 bits per heavy atom. The van der Waals surface area contributed by atoms with Crippen LogP contribution in [0, 0.1) is 0 Å². The molecule has 0 aliphatic heterocycles. The van der Waals surface area contributed by atoms with Gasteiger partial charge in [0.05, 0.1) is 7.11 Å². The Bertz CT molecular complexity index is 481. The molecule has 0 saturated carbocycles. The molecule has 1 aromatic carbocycles. The van der Waals surface area contributed by atoms with Crippen molar-refractivity contribution in [2.45, 2.75) is 103 Å². The van der Waals surface area contributed by atoms with Crippen molar-refractivity contribution >= 4 is 0 Å². The third-order valence-electron chi connectivity index (χ3n) is 5.61. The van der Waals surface area contributed by atoms with E-state index in [-0.39, 0.29) is 0 Å². The first-order valence-corrected chi connectivity index (χ1v) is 10.7. The van der Waals surface area contributed by atoms with Crippen LogP contribution in [0.2, 0.25) is 0 Å². The zero-order valence-corrected chi connectivity index (χ0v) is 16.3. The van der Waals surface area contributed by atoms with Gasteiger partial charge in [0.15, 0.2) is 0 Å². The number of phenols is 1. The molecule has 25 heavy (non-hydrogen) atoms. The number of hydrogen-bond acceptors (Lipinski definition) is 2. The lowest BCUT2D eigenvalue weighted by molar-refractivity contribution is 0.397. The number of fused-ring (bicyclic) bond motifs is 17. The summed E-state index contributed by atoms with van der Waals surface area (Å²) in [7, 11) is 1.72. The zero-order valence-electron chi connectivity index (χ0n) is 16.3. The van der Waals surface area contributed by atoms with Gasteiger partial charge in [-0.15, -0.1) is 0 Å². The molecule has 0 amide bonds. The second-order valence-corrected chi connectivity index (χ2v) is 7.75. The van der Waals surface area contributed by atoms with Gasteiger partial charge in [-0.05, 0) is 43.4 Å². The van der Waals surface area contributed by atoms with E-state index < -0.39 is 0 Å².